The number of nitrogens with zero attached hydrogens (tertiary/aromatic N) is 1. The Morgan fingerprint density at radius 2 is 2.26 bits per heavy atom. The molecule has 7 nitrogen and oxygen atoms in total. The van der Waals surface area contributed by atoms with Crippen molar-refractivity contribution in [2.75, 3.05) is 13.3 Å². The highest BCUT2D eigenvalue weighted by Crippen LogP contribution is 2.19. The van der Waals surface area contributed by atoms with Crippen molar-refractivity contribution in [2.24, 2.45) is 0 Å². The summed E-state index contributed by atoms with van der Waals surface area (Å²) in [5.41, 5.74) is -3.46. The molecule has 19 heavy (non-hydrogen) atoms. The van der Waals surface area contributed by atoms with Gasteiger partial charge in [-0.25, -0.2) is 9.18 Å². The molecule has 3 atom stereocenters. The maximum absolute atomic E-state index is 13.0. The Morgan fingerprint density at radius 1 is 1.63 bits per heavy atom. The monoisotopic (exact) mass is 272 g/mol. The first-order valence-corrected chi connectivity index (χ1v) is 5.47. The van der Waals surface area contributed by atoms with E-state index in [4.69, 9.17) is 17.7 Å². The number of hydrogen-bond acceptors (Lipinski definition) is 5. The fourth-order valence-corrected chi connectivity index (χ4v) is 1.34. The van der Waals surface area contributed by atoms with Crippen LogP contribution in [-0.2, 0) is 4.74 Å². The average molecular weight is 272 g/mol. The van der Waals surface area contributed by atoms with Gasteiger partial charge in [-0.3, -0.25) is 14.3 Å². The summed E-state index contributed by atoms with van der Waals surface area (Å²) in [5, 5.41) is 18.5. The molecule has 2 radical (unpaired) electrons. The number of aromatic amines is 1. The summed E-state index contributed by atoms with van der Waals surface area (Å²) in [6.45, 7) is -0.669. The van der Waals surface area contributed by atoms with E-state index in [1.165, 1.54) is 6.92 Å². The maximum atomic E-state index is 13.0. The molecule has 0 aliphatic heterocycles. The van der Waals surface area contributed by atoms with E-state index in [0.717, 1.165) is 16.8 Å². The smallest absolute Gasteiger partial charge is 0.330 e. The van der Waals surface area contributed by atoms with Crippen LogP contribution in [-0.4, -0.2) is 52.5 Å². The number of rotatable bonds is 6. The molecule has 0 fully saturated rings. The first-order chi connectivity index (χ1) is 8.84. The Bertz CT molecular complexity index is 531. The zero-order chi connectivity index (χ0) is 14.6. The standard InChI is InChI=1S/C10H14BFN2O5/c1-6(16)10(11,5-15)19-8(4-12)14-3-2-7(17)13-9(14)18/h2-3,6,8,15-16H,4-5H2,1H3,(H,13,17,18)/t6-,8+,10+/m0/s1. The number of ether oxygens (including phenoxy) is 1. The molecule has 0 amide bonds. The van der Waals surface area contributed by atoms with Gasteiger partial charge in [0.15, 0.2) is 6.23 Å². The second-order valence-electron chi connectivity index (χ2n) is 4.03. The van der Waals surface area contributed by atoms with Crippen molar-refractivity contribution in [3.8, 4) is 0 Å². The molecule has 0 saturated carbocycles. The number of hydrogen-bond donors (Lipinski definition) is 3. The Labute approximate surface area is 109 Å². The minimum atomic E-state index is -1.92. The normalized spacial score (nSPS) is 17.7. The molecule has 0 unspecified atom stereocenters. The Morgan fingerprint density at radius 3 is 2.68 bits per heavy atom. The minimum Gasteiger partial charge on any atom is -0.394 e. The Balaban J connectivity index is 3.08. The van der Waals surface area contributed by atoms with Gasteiger partial charge in [-0.2, -0.15) is 0 Å². The summed E-state index contributed by atoms with van der Waals surface area (Å²) in [5.74, 6) is 0. The molecule has 0 spiro atoms. The van der Waals surface area contributed by atoms with E-state index in [9.17, 15) is 19.1 Å². The van der Waals surface area contributed by atoms with E-state index in [2.05, 4.69) is 0 Å². The Kier molecular flexibility index (Phi) is 5.04. The molecule has 0 aliphatic rings. The van der Waals surface area contributed by atoms with Crippen LogP contribution in [0.5, 0.6) is 0 Å². The summed E-state index contributed by atoms with van der Waals surface area (Å²) in [7, 11) is 5.56. The molecule has 1 aromatic heterocycles. The Hall–Kier alpha value is -1.45. The minimum absolute atomic E-state index is 0.643. The first-order valence-electron chi connectivity index (χ1n) is 5.47. The molecule has 1 heterocycles. The molecule has 0 bridgehead atoms. The quantitative estimate of drug-likeness (QED) is 0.533. The summed E-state index contributed by atoms with van der Waals surface area (Å²) in [6.07, 6.45) is -1.74. The van der Waals surface area contributed by atoms with Crippen molar-refractivity contribution < 1.29 is 19.3 Å². The lowest BCUT2D eigenvalue weighted by Crippen LogP contribution is -2.50. The van der Waals surface area contributed by atoms with E-state index in [-0.39, 0.29) is 0 Å². The van der Waals surface area contributed by atoms with Gasteiger partial charge >= 0.3 is 5.69 Å². The van der Waals surface area contributed by atoms with Crippen LogP contribution in [0.25, 0.3) is 0 Å². The average Bonchev–Trinajstić information content (AvgIpc) is 2.36. The molecule has 0 aliphatic carbocycles. The molecule has 1 rings (SSSR count). The van der Waals surface area contributed by atoms with Crippen LogP contribution in [0, 0.1) is 0 Å². The van der Waals surface area contributed by atoms with Gasteiger partial charge < -0.3 is 14.9 Å². The van der Waals surface area contributed by atoms with E-state index in [1.807, 2.05) is 4.98 Å². The molecular weight excluding hydrogens is 258 g/mol. The van der Waals surface area contributed by atoms with Crippen molar-refractivity contribution in [3.63, 3.8) is 0 Å². The molecule has 3 N–H and O–H groups in total. The summed E-state index contributed by atoms with van der Waals surface area (Å²) < 4.78 is 18.8. The lowest BCUT2D eigenvalue weighted by molar-refractivity contribution is -0.152. The van der Waals surface area contributed by atoms with Crippen LogP contribution in [0.15, 0.2) is 21.9 Å². The summed E-state index contributed by atoms with van der Waals surface area (Å²) in [6, 6.07) is 1.01. The van der Waals surface area contributed by atoms with Gasteiger partial charge in [-0.1, -0.05) is 0 Å². The second kappa shape index (κ2) is 6.13. The topological polar surface area (TPSA) is 105 Å². The van der Waals surface area contributed by atoms with Gasteiger partial charge in [-0.15, -0.1) is 0 Å². The fraction of sp³-hybridized carbons (Fsp3) is 0.600. The molecule has 0 aromatic carbocycles. The maximum Gasteiger partial charge on any atom is 0.330 e. The van der Waals surface area contributed by atoms with Crippen molar-refractivity contribution in [2.45, 2.75) is 24.8 Å². The molecule has 0 saturated heterocycles. The van der Waals surface area contributed by atoms with Crippen LogP contribution in [0.3, 0.4) is 0 Å². The predicted octanol–water partition coefficient (Wildman–Crippen LogP) is -1.74. The number of aliphatic hydroxyl groups is 2. The molecule has 1 aromatic rings. The van der Waals surface area contributed by atoms with Crippen LogP contribution in [0.4, 0.5) is 4.39 Å². The largest absolute Gasteiger partial charge is 0.394 e. The third kappa shape index (κ3) is 3.52. The van der Waals surface area contributed by atoms with Crippen LogP contribution >= 0.6 is 0 Å². The lowest BCUT2D eigenvalue weighted by Gasteiger charge is -2.35. The first kappa shape index (κ1) is 15.6. The van der Waals surface area contributed by atoms with E-state index in [1.54, 1.807) is 0 Å². The fourth-order valence-electron chi connectivity index (χ4n) is 1.34. The number of alkyl halides is 1. The number of halogens is 1. The van der Waals surface area contributed by atoms with Crippen molar-refractivity contribution >= 4 is 7.85 Å². The second-order valence-corrected chi connectivity index (χ2v) is 4.03. The van der Waals surface area contributed by atoms with Gasteiger partial charge in [0.25, 0.3) is 5.56 Å². The molecule has 9 heteroatoms. The highest BCUT2D eigenvalue weighted by molar-refractivity contribution is 6.15. The van der Waals surface area contributed by atoms with Gasteiger partial charge in [0.2, 0.25) is 0 Å². The SMILES string of the molecule is [B][C@](CO)(O[C@H](CF)n1ccc(=O)[nH]c1=O)[C@H](C)O. The van der Waals surface area contributed by atoms with Gasteiger partial charge in [0.1, 0.15) is 14.5 Å². The third-order valence-electron chi connectivity index (χ3n) is 2.60. The number of H-pyrrole nitrogens is 1. The van der Waals surface area contributed by atoms with E-state index >= 15 is 0 Å². The lowest BCUT2D eigenvalue weighted by atomic mass is 9.77. The number of nitrogens with one attached hydrogen (secondary N) is 1. The molecular formula is C10H14BFN2O5. The van der Waals surface area contributed by atoms with Gasteiger partial charge in [0.05, 0.1) is 18.2 Å². The van der Waals surface area contributed by atoms with Crippen molar-refractivity contribution in [3.05, 3.63) is 33.1 Å². The third-order valence-corrected chi connectivity index (χ3v) is 2.60. The van der Waals surface area contributed by atoms with Gasteiger partial charge in [0, 0.05) is 12.3 Å². The summed E-state index contributed by atoms with van der Waals surface area (Å²) >= 11 is 0. The number of aromatic nitrogens is 2. The summed E-state index contributed by atoms with van der Waals surface area (Å²) in [4.78, 5) is 24.3. The predicted molar refractivity (Wildman–Crippen MR) is 64.7 cm³/mol. The molecule has 104 valence electrons. The van der Waals surface area contributed by atoms with Crippen molar-refractivity contribution in [1.82, 2.24) is 9.55 Å². The highest BCUT2D eigenvalue weighted by atomic mass is 19.1. The van der Waals surface area contributed by atoms with E-state index < -0.39 is 42.4 Å². The van der Waals surface area contributed by atoms with Crippen molar-refractivity contribution in [1.29, 1.82) is 0 Å². The van der Waals surface area contributed by atoms with Crippen LogP contribution in [0.1, 0.15) is 13.2 Å². The van der Waals surface area contributed by atoms with Gasteiger partial charge in [-0.05, 0) is 6.92 Å². The van der Waals surface area contributed by atoms with E-state index in [0.29, 0.717) is 0 Å². The highest BCUT2D eigenvalue weighted by Gasteiger charge is 2.33. The zero-order valence-corrected chi connectivity index (χ0v) is 10.2. The van der Waals surface area contributed by atoms with Crippen LogP contribution < -0.4 is 11.2 Å². The zero-order valence-electron chi connectivity index (χ0n) is 10.2. The number of aliphatic hydroxyl groups excluding tert-OH is 2. The van der Waals surface area contributed by atoms with Crippen LogP contribution in [0.2, 0.25) is 0 Å².